The van der Waals surface area contributed by atoms with E-state index in [4.69, 9.17) is 28.5 Å². The molecule has 2 aromatic carbocycles. The number of hydrogen-bond acceptors (Lipinski definition) is 3. The maximum atomic E-state index is 13.3. The number of anilines is 1. The third-order valence-corrected chi connectivity index (χ3v) is 5.11. The summed E-state index contributed by atoms with van der Waals surface area (Å²) in [7, 11) is 0. The van der Waals surface area contributed by atoms with Crippen molar-refractivity contribution in [1.82, 2.24) is 0 Å². The molecule has 3 aromatic rings. The molecule has 0 atom stereocenters. The van der Waals surface area contributed by atoms with Gasteiger partial charge < -0.3 is 5.32 Å². The first kappa shape index (κ1) is 15.8. The van der Waals surface area contributed by atoms with Crippen molar-refractivity contribution in [1.29, 1.82) is 5.26 Å². The Morgan fingerprint density at radius 3 is 2.70 bits per heavy atom. The summed E-state index contributed by atoms with van der Waals surface area (Å²) < 4.78 is 13.9. The van der Waals surface area contributed by atoms with Gasteiger partial charge in [-0.15, -0.1) is 11.3 Å². The quantitative estimate of drug-likeness (QED) is 0.655. The molecule has 3 rings (SSSR count). The van der Waals surface area contributed by atoms with Crippen LogP contribution in [0.2, 0.25) is 10.0 Å². The number of rotatable bonds is 2. The summed E-state index contributed by atoms with van der Waals surface area (Å²) in [6.45, 7) is 0. The molecular formula is C16H7Cl2FN2OS. The second-order valence-corrected chi connectivity index (χ2v) is 6.48. The molecule has 3 nitrogen and oxygen atoms in total. The monoisotopic (exact) mass is 364 g/mol. The van der Waals surface area contributed by atoms with Crippen molar-refractivity contribution >= 4 is 56.2 Å². The van der Waals surface area contributed by atoms with Crippen molar-refractivity contribution in [3.63, 3.8) is 0 Å². The van der Waals surface area contributed by atoms with Gasteiger partial charge in [0, 0.05) is 15.8 Å². The number of amides is 1. The molecule has 0 unspecified atom stereocenters. The van der Waals surface area contributed by atoms with Gasteiger partial charge in [0.2, 0.25) is 0 Å². The lowest BCUT2D eigenvalue weighted by Crippen LogP contribution is -2.10. The maximum Gasteiger partial charge on any atom is 0.267 e. The second kappa shape index (κ2) is 6.17. The van der Waals surface area contributed by atoms with Gasteiger partial charge in [0.25, 0.3) is 5.91 Å². The van der Waals surface area contributed by atoms with Gasteiger partial charge >= 0.3 is 0 Å². The normalized spacial score (nSPS) is 10.5. The highest BCUT2D eigenvalue weighted by molar-refractivity contribution is 7.21. The minimum atomic E-state index is -0.419. The number of nitrogens with zero attached hydrogens (tertiary/aromatic N) is 1. The van der Waals surface area contributed by atoms with Crippen LogP contribution in [0.5, 0.6) is 0 Å². The molecule has 1 heterocycles. The number of thiophene rings is 1. The summed E-state index contributed by atoms with van der Waals surface area (Å²) in [6, 6.07) is 10.7. The van der Waals surface area contributed by atoms with Crippen LogP contribution in [0.15, 0.2) is 36.4 Å². The van der Waals surface area contributed by atoms with Crippen LogP contribution in [0.1, 0.15) is 15.2 Å². The highest BCUT2D eigenvalue weighted by Gasteiger charge is 2.18. The number of carbonyl (C=O) groups excluding carboxylic acids is 1. The van der Waals surface area contributed by atoms with Crippen molar-refractivity contribution in [3.05, 3.63) is 62.7 Å². The molecule has 1 amide bonds. The smallest absolute Gasteiger partial charge is 0.267 e. The van der Waals surface area contributed by atoms with Gasteiger partial charge in [-0.1, -0.05) is 23.2 Å². The van der Waals surface area contributed by atoms with E-state index in [1.54, 1.807) is 12.1 Å². The van der Waals surface area contributed by atoms with Gasteiger partial charge in [0.1, 0.15) is 16.8 Å². The molecule has 0 aliphatic heterocycles. The molecule has 0 saturated carbocycles. The Bertz CT molecular complexity index is 978. The maximum absolute atomic E-state index is 13.3. The Labute approximate surface area is 144 Å². The fourth-order valence-corrected chi connectivity index (χ4v) is 3.72. The van der Waals surface area contributed by atoms with Crippen LogP contribution in [0.4, 0.5) is 10.1 Å². The Kier molecular flexibility index (Phi) is 4.22. The second-order valence-electron chi connectivity index (χ2n) is 4.65. The van der Waals surface area contributed by atoms with Gasteiger partial charge in [-0.25, -0.2) is 4.39 Å². The number of fused-ring (bicyclic) bond motifs is 1. The first-order chi connectivity index (χ1) is 11.0. The zero-order valence-electron chi connectivity index (χ0n) is 11.4. The van der Waals surface area contributed by atoms with E-state index in [0.717, 1.165) is 11.3 Å². The lowest BCUT2D eigenvalue weighted by atomic mass is 10.2. The largest absolute Gasteiger partial charge is 0.321 e. The molecule has 1 aromatic heterocycles. The summed E-state index contributed by atoms with van der Waals surface area (Å²) in [5.41, 5.74) is 0.763. The summed E-state index contributed by atoms with van der Waals surface area (Å²) >= 11 is 13.2. The van der Waals surface area contributed by atoms with Crippen molar-refractivity contribution in [3.8, 4) is 6.07 Å². The van der Waals surface area contributed by atoms with Gasteiger partial charge in [-0.3, -0.25) is 4.79 Å². The van der Waals surface area contributed by atoms with Crippen LogP contribution in [0.25, 0.3) is 10.1 Å². The number of halogens is 3. The molecule has 114 valence electrons. The number of carbonyl (C=O) groups is 1. The molecular weight excluding hydrogens is 358 g/mol. The average Bonchev–Trinajstić information content (AvgIpc) is 2.84. The van der Waals surface area contributed by atoms with E-state index in [-0.39, 0.29) is 20.7 Å². The van der Waals surface area contributed by atoms with E-state index in [1.165, 1.54) is 24.3 Å². The molecule has 0 aliphatic carbocycles. The molecule has 1 N–H and O–H groups in total. The van der Waals surface area contributed by atoms with Crippen molar-refractivity contribution in [2.45, 2.75) is 0 Å². The fraction of sp³-hybridized carbons (Fsp3) is 0. The first-order valence-corrected chi connectivity index (χ1v) is 7.95. The molecule has 0 spiro atoms. The fourth-order valence-electron chi connectivity index (χ4n) is 2.06. The van der Waals surface area contributed by atoms with E-state index in [1.807, 2.05) is 6.07 Å². The summed E-state index contributed by atoms with van der Waals surface area (Å²) in [6.07, 6.45) is 0. The van der Waals surface area contributed by atoms with Gasteiger partial charge in [0.05, 0.1) is 15.6 Å². The first-order valence-electron chi connectivity index (χ1n) is 6.38. The van der Waals surface area contributed by atoms with Crippen molar-refractivity contribution in [2.75, 3.05) is 5.32 Å². The topological polar surface area (TPSA) is 52.9 Å². The standard InChI is InChI=1S/C16H7Cl2FN2OS/c17-12-6-10(3-1-8(12)7-20)21-16(22)15-14(18)11-4-2-9(19)5-13(11)23-15/h1-6H,(H,21,22). The van der Waals surface area contributed by atoms with Crippen LogP contribution in [-0.2, 0) is 0 Å². The average molecular weight is 365 g/mol. The lowest BCUT2D eigenvalue weighted by Gasteiger charge is -2.05. The summed E-state index contributed by atoms with van der Waals surface area (Å²) in [5, 5.41) is 12.7. The zero-order chi connectivity index (χ0) is 16.6. The number of hydrogen-bond donors (Lipinski definition) is 1. The molecule has 0 aliphatic rings. The molecule has 0 saturated heterocycles. The van der Waals surface area contributed by atoms with Crippen LogP contribution in [0.3, 0.4) is 0 Å². The summed E-state index contributed by atoms with van der Waals surface area (Å²) in [4.78, 5) is 12.7. The lowest BCUT2D eigenvalue weighted by molar-refractivity contribution is 0.103. The van der Waals surface area contributed by atoms with Gasteiger partial charge in [-0.05, 0) is 36.4 Å². The van der Waals surface area contributed by atoms with Crippen LogP contribution in [-0.4, -0.2) is 5.91 Å². The predicted octanol–water partition coefficient (Wildman–Crippen LogP) is 5.47. The van der Waals surface area contributed by atoms with E-state index >= 15 is 0 Å². The molecule has 0 bridgehead atoms. The number of benzene rings is 2. The SMILES string of the molecule is N#Cc1ccc(NC(=O)c2sc3cc(F)ccc3c2Cl)cc1Cl. The highest BCUT2D eigenvalue weighted by atomic mass is 35.5. The third kappa shape index (κ3) is 3.02. The Morgan fingerprint density at radius 1 is 1.22 bits per heavy atom. The van der Waals surface area contributed by atoms with Crippen molar-refractivity contribution in [2.24, 2.45) is 0 Å². The number of nitrogens with one attached hydrogen (secondary N) is 1. The predicted molar refractivity (Wildman–Crippen MR) is 90.9 cm³/mol. The molecule has 0 fully saturated rings. The molecule has 0 radical (unpaired) electrons. The third-order valence-electron chi connectivity index (χ3n) is 3.15. The minimum absolute atomic E-state index is 0.245. The zero-order valence-corrected chi connectivity index (χ0v) is 13.7. The van der Waals surface area contributed by atoms with E-state index in [2.05, 4.69) is 5.32 Å². The van der Waals surface area contributed by atoms with Crippen LogP contribution in [0, 0.1) is 17.1 Å². The molecule has 23 heavy (non-hydrogen) atoms. The Balaban J connectivity index is 1.93. The van der Waals surface area contributed by atoms with Crippen molar-refractivity contribution < 1.29 is 9.18 Å². The van der Waals surface area contributed by atoms with Gasteiger partial charge in [0.15, 0.2) is 0 Å². The number of nitriles is 1. The van der Waals surface area contributed by atoms with E-state index < -0.39 is 5.91 Å². The summed E-state index contributed by atoms with van der Waals surface area (Å²) in [5.74, 6) is -0.807. The van der Waals surface area contributed by atoms with Gasteiger partial charge in [-0.2, -0.15) is 5.26 Å². The highest BCUT2D eigenvalue weighted by Crippen LogP contribution is 2.36. The Hall–Kier alpha value is -2.13. The van der Waals surface area contributed by atoms with Crippen LogP contribution < -0.4 is 5.32 Å². The molecule has 7 heteroatoms. The van der Waals surface area contributed by atoms with E-state index in [0.29, 0.717) is 21.3 Å². The van der Waals surface area contributed by atoms with Crippen LogP contribution >= 0.6 is 34.5 Å². The Morgan fingerprint density at radius 2 is 2.00 bits per heavy atom. The van der Waals surface area contributed by atoms with E-state index in [9.17, 15) is 9.18 Å². The minimum Gasteiger partial charge on any atom is -0.321 e.